The van der Waals surface area contributed by atoms with Crippen LogP contribution in [0.5, 0.6) is 11.5 Å². The molecule has 2 saturated heterocycles. The number of phenols is 2. The van der Waals surface area contributed by atoms with Gasteiger partial charge in [-0.2, -0.15) is 0 Å². The van der Waals surface area contributed by atoms with Gasteiger partial charge in [0, 0.05) is 55.0 Å². The molecule has 3 aliphatic rings. The van der Waals surface area contributed by atoms with Gasteiger partial charge in [0.2, 0.25) is 5.91 Å². The maximum atomic E-state index is 12.1. The molecule has 1 saturated carbocycles. The zero-order valence-electron chi connectivity index (χ0n) is 30.0. The average Bonchev–Trinajstić information content (AvgIpc) is 3.76. The van der Waals surface area contributed by atoms with Gasteiger partial charge in [-0.25, -0.2) is 19.9 Å². The van der Waals surface area contributed by atoms with E-state index in [-0.39, 0.29) is 35.4 Å². The van der Waals surface area contributed by atoms with Crippen LogP contribution < -0.4 is 20.9 Å². The zero-order valence-corrected chi connectivity index (χ0v) is 30.0. The molecule has 9 rings (SSSR count). The summed E-state index contributed by atoms with van der Waals surface area (Å²) >= 11 is 0. The monoisotopic (exact) mass is 708 g/mol. The van der Waals surface area contributed by atoms with Gasteiger partial charge in [0.1, 0.15) is 23.1 Å². The van der Waals surface area contributed by atoms with Crippen LogP contribution in [-0.2, 0) is 4.79 Å². The maximum absolute atomic E-state index is 12.1. The first-order valence-electron chi connectivity index (χ1n) is 18.4. The van der Waals surface area contributed by atoms with Crippen molar-refractivity contribution in [3.05, 3.63) is 96.1 Å². The first-order chi connectivity index (χ1) is 25.7. The van der Waals surface area contributed by atoms with Crippen molar-refractivity contribution in [2.45, 2.75) is 51.6 Å². The molecule has 2 aliphatic heterocycles. The predicted octanol–water partition coefficient (Wildman–Crippen LogP) is 6.26. The number of nitrogens with zero attached hydrogens (tertiary/aromatic N) is 6. The summed E-state index contributed by atoms with van der Waals surface area (Å²) in [6.07, 6.45) is 3.90. The van der Waals surface area contributed by atoms with Crippen molar-refractivity contribution in [3.63, 3.8) is 0 Å². The van der Waals surface area contributed by atoms with Gasteiger partial charge in [0.15, 0.2) is 11.6 Å². The smallest absolute Gasteiger partial charge is 0.223 e. The normalized spacial score (nSPS) is 18.3. The fourth-order valence-corrected chi connectivity index (χ4v) is 7.21. The lowest BCUT2D eigenvalue weighted by atomic mass is 10.1. The van der Waals surface area contributed by atoms with Crippen LogP contribution >= 0.6 is 0 Å². The summed E-state index contributed by atoms with van der Waals surface area (Å²) in [5.41, 5.74) is 11.4. The third-order valence-corrected chi connectivity index (χ3v) is 10.3. The first kappa shape index (κ1) is 34.3. The standard InChI is InChI=1S/C23H24N4O2.C19H20N4O/c1-14-6-9-17-19(12-14)25-21(18-4-2-3-5-20(18)28)26-22(17)27-11-10-16(13-27)24-23(29)15-7-8-15;1-12-6-7-14-16(10-12)21-18(15-4-2-3-5-17(15)24)22-19(14)23-9-8-13(20)11-23/h2-6,9,12,15-16,28H,7-8,10-11,13H2,1H3,(H,24,29);2-7,10,13,24H,8-9,11,20H2,1H3/t16-;13-/m11/s1. The third kappa shape index (κ3) is 7.30. The van der Waals surface area contributed by atoms with E-state index in [4.69, 9.17) is 20.7 Å². The first-order valence-corrected chi connectivity index (χ1v) is 18.4. The molecule has 1 amide bonds. The second-order valence-corrected chi connectivity index (χ2v) is 14.5. The number of aromatic hydroxyl groups is 2. The van der Waals surface area contributed by atoms with E-state index in [9.17, 15) is 15.0 Å². The van der Waals surface area contributed by atoms with Crippen molar-refractivity contribution in [1.29, 1.82) is 0 Å². The molecule has 4 aromatic carbocycles. The van der Waals surface area contributed by atoms with Crippen LogP contribution in [0.4, 0.5) is 11.6 Å². The number of anilines is 2. The molecule has 53 heavy (non-hydrogen) atoms. The quantitative estimate of drug-likeness (QED) is 0.156. The van der Waals surface area contributed by atoms with Crippen LogP contribution in [0, 0.1) is 19.8 Å². The molecule has 11 nitrogen and oxygen atoms in total. The lowest BCUT2D eigenvalue weighted by Gasteiger charge is -2.21. The average molecular weight is 709 g/mol. The number of hydrogen-bond acceptors (Lipinski definition) is 10. The molecule has 3 fully saturated rings. The summed E-state index contributed by atoms with van der Waals surface area (Å²) < 4.78 is 0. The Labute approximate surface area is 308 Å². The molecule has 0 bridgehead atoms. The van der Waals surface area contributed by atoms with Crippen LogP contribution in [0.25, 0.3) is 44.6 Å². The van der Waals surface area contributed by atoms with Gasteiger partial charge in [-0.1, -0.05) is 36.4 Å². The van der Waals surface area contributed by atoms with Crippen molar-refractivity contribution in [2.75, 3.05) is 36.0 Å². The Morgan fingerprint density at radius 3 is 1.68 bits per heavy atom. The van der Waals surface area contributed by atoms with Crippen LogP contribution in [0.1, 0.15) is 36.8 Å². The molecule has 0 radical (unpaired) electrons. The number of nitrogens with two attached hydrogens (primary N) is 1. The molecular weight excluding hydrogens is 665 g/mol. The number of nitrogens with one attached hydrogen (secondary N) is 1. The topological polar surface area (TPSA) is 154 Å². The lowest BCUT2D eigenvalue weighted by molar-refractivity contribution is -0.122. The van der Waals surface area contributed by atoms with E-state index in [1.54, 1.807) is 24.3 Å². The number of carbonyl (C=O) groups is 1. The molecule has 270 valence electrons. The number of rotatable bonds is 6. The minimum atomic E-state index is 0.146. The number of aryl methyl sites for hydroxylation is 2. The van der Waals surface area contributed by atoms with Crippen molar-refractivity contribution < 1.29 is 15.0 Å². The molecule has 2 aromatic heterocycles. The Bertz CT molecular complexity index is 2330. The van der Waals surface area contributed by atoms with Gasteiger partial charge in [0.05, 0.1) is 22.2 Å². The largest absolute Gasteiger partial charge is 0.507 e. The van der Waals surface area contributed by atoms with Crippen LogP contribution in [0.15, 0.2) is 84.9 Å². The molecule has 4 heterocycles. The summed E-state index contributed by atoms with van der Waals surface area (Å²) in [4.78, 5) is 35.6. The van der Waals surface area contributed by atoms with E-state index in [2.05, 4.69) is 50.4 Å². The van der Waals surface area contributed by atoms with E-state index < -0.39 is 0 Å². The molecule has 5 N–H and O–H groups in total. The van der Waals surface area contributed by atoms with Gasteiger partial charge in [0.25, 0.3) is 0 Å². The minimum Gasteiger partial charge on any atom is -0.507 e. The highest BCUT2D eigenvalue weighted by Gasteiger charge is 2.33. The van der Waals surface area contributed by atoms with Crippen LogP contribution in [0.3, 0.4) is 0 Å². The summed E-state index contributed by atoms with van der Waals surface area (Å²) in [5, 5.41) is 25.7. The number of hydrogen-bond donors (Lipinski definition) is 4. The van der Waals surface area contributed by atoms with E-state index in [0.29, 0.717) is 22.8 Å². The number of fused-ring (bicyclic) bond motifs is 2. The Hall–Kier alpha value is -5.81. The Balaban J connectivity index is 0.000000154. The summed E-state index contributed by atoms with van der Waals surface area (Å²) in [6, 6.07) is 27.0. The summed E-state index contributed by atoms with van der Waals surface area (Å²) in [7, 11) is 0. The zero-order chi connectivity index (χ0) is 36.6. The number of carbonyl (C=O) groups excluding carboxylic acids is 1. The molecule has 1 aliphatic carbocycles. The SMILES string of the molecule is Cc1ccc2c(N3CC[C@@H](N)C3)nc(-c3ccccc3O)nc2c1.Cc1ccc2c(N3CC[C@@H](NC(=O)C4CC4)C3)nc(-c3ccccc3O)nc2c1. The Morgan fingerprint density at radius 1 is 0.679 bits per heavy atom. The maximum Gasteiger partial charge on any atom is 0.223 e. The van der Waals surface area contributed by atoms with Gasteiger partial charge in [-0.15, -0.1) is 0 Å². The number of para-hydroxylation sites is 2. The molecular formula is C42H44N8O3. The highest BCUT2D eigenvalue weighted by Crippen LogP contribution is 2.35. The molecule has 6 aromatic rings. The van der Waals surface area contributed by atoms with Gasteiger partial charge < -0.3 is 31.1 Å². The Morgan fingerprint density at radius 2 is 1.19 bits per heavy atom. The fraction of sp³-hybridized carbons (Fsp3) is 0.310. The molecule has 11 heteroatoms. The van der Waals surface area contributed by atoms with Gasteiger partial charge >= 0.3 is 0 Å². The number of benzene rings is 4. The number of phenolic OH excluding ortho intramolecular Hbond substituents is 2. The van der Waals surface area contributed by atoms with Crippen molar-refractivity contribution in [3.8, 4) is 34.3 Å². The van der Waals surface area contributed by atoms with Crippen molar-refractivity contribution >= 4 is 39.3 Å². The highest BCUT2D eigenvalue weighted by molar-refractivity contribution is 5.93. The molecule has 2 atom stereocenters. The summed E-state index contributed by atoms with van der Waals surface area (Å²) in [5.74, 6) is 3.58. The number of amides is 1. The van der Waals surface area contributed by atoms with E-state index in [1.165, 1.54) is 0 Å². The second-order valence-electron chi connectivity index (χ2n) is 14.5. The third-order valence-electron chi connectivity index (χ3n) is 10.3. The van der Waals surface area contributed by atoms with Gasteiger partial charge in [-0.3, -0.25) is 4.79 Å². The van der Waals surface area contributed by atoms with Crippen LogP contribution in [0.2, 0.25) is 0 Å². The van der Waals surface area contributed by atoms with Crippen molar-refractivity contribution in [1.82, 2.24) is 25.3 Å². The highest BCUT2D eigenvalue weighted by atomic mass is 16.3. The lowest BCUT2D eigenvalue weighted by Crippen LogP contribution is -2.38. The van der Waals surface area contributed by atoms with E-state index in [0.717, 1.165) is 96.4 Å². The Kier molecular flexibility index (Phi) is 9.26. The second kappa shape index (κ2) is 14.3. The van der Waals surface area contributed by atoms with Crippen molar-refractivity contribution in [2.24, 2.45) is 11.7 Å². The van der Waals surface area contributed by atoms with Gasteiger partial charge in [-0.05, 0) is 99.2 Å². The number of aromatic nitrogens is 4. The predicted molar refractivity (Wildman–Crippen MR) is 209 cm³/mol. The minimum absolute atomic E-state index is 0.146. The summed E-state index contributed by atoms with van der Waals surface area (Å²) in [6.45, 7) is 7.34. The molecule has 0 unspecified atom stereocenters. The fourth-order valence-electron chi connectivity index (χ4n) is 7.21. The van der Waals surface area contributed by atoms with E-state index in [1.807, 2.05) is 44.2 Å². The van der Waals surface area contributed by atoms with Crippen LogP contribution in [-0.4, -0.2) is 74.3 Å². The molecule has 0 spiro atoms. The van der Waals surface area contributed by atoms with E-state index >= 15 is 0 Å².